The number of rotatable bonds is 8. The van der Waals surface area contributed by atoms with Gasteiger partial charge in [-0.25, -0.2) is 4.39 Å². The fourth-order valence-corrected chi connectivity index (χ4v) is 5.00. The van der Waals surface area contributed by atoms with Gasteiger partial charge < -0.3 is 14.6 Å². The number of halogens is 1. The normalized spacial score (nSPS) is 14.4. The highest BCUT2D eigenvalue weighted by atomic mass is 19.1. The number of nitrogens with one attached hydrogen (secondary N) is 1. The largest absolute Gasteiger partial charge is 0.490 e. The Hall–Kier alpha value is -3.08. The third kappa shape index (κ3) is 4.97. The first-order valence-electron chi connectivity index (χ1n) is 11.9. The fourth-order valence-electron chi connectivity index (χ4n) is 5.00. The zero-order valence-electron chi connectivity index (χ0n) is 19.6. The lowest BCUT2D eigenvalue weighted by molar-refractivity contribution is 0.0951. The van der Waals surface area contributed by atoms with Gasteiger partial charge in [-0.2, -0.15) is 0 Å². The van der Waals surface area contributed by atoms with E-state index in [9.17, 15) is 9.18 Å². The van der Waals surface area contributed by atoms with Crippen LogP contribution in [-0.4, -0.2) is 17.1 Å². The van der Waals surface area contributed by atoms with Crippen LogP contribution in [0.3, 0.4) is 0 Å². The minimum atomic E-state index is -0.299. The van der Waals surface area contributed by atoms with Gasteiger partial charge in [0.2, 0.25) is 0 Å². The summed E-state index contributed by atoms with van der Waals surface area (Å²) in [6.45, 7) is 9.04. The van der Waals surface area contributed by atoms with Gasteiger partial charge in [0.15, 0.2) is 0 Å². The Balaban J connectivity index is 1.68. The van der Waals surface area contributed by atoms with Crippen LogP contribution in [0, 0.1) is 25.6 Å². The Bertz CT molecular complexity index is 1140. The molecule has 0 bridgehead atoms. The number of aromatic nitrogens is 1. The van der Waals surface area contributed by atoms with E-state index in [2.05, 4.69) is 16.5 Å². The molecule has 0 spiro atoms. The Labute approximate surface area is 195 Å². The average Bonchev–Trinajstić information content (AvgIpc) is 3.08. The highest BCUT2D eigenvalue weighted by Gasteiger charge is 2.23. The van der Waals surface area contributed by atoms with Gasteiger partial charge >= 0.3 is 0 Å². The van der Waals surface area contributed by atoms with Crippen LogP contribution in [0.2, 0.25) is 0 Å². The number of ether oxygens (including phenoxy) is 1. The number of benzene rings is 2. The number of amides is 1. The first-order chi connectivity index (χ1) is 16.0. The zero-order valence-corrected chi connectivity index (χ0v) is 19.6. The molecule has 33 heavy (non-hydrogen) atoms. The molecular formula is C28H33FN2O2. The summed E-state index contributed by atoms with van der Waals surface area (Å²) >= 11 is 0. The molecule has 0 unspecified atom stereocenters. The van der Waals surface area contributed by atoms with Crippen molar-refractivity contribution in [1.82, 2.24) is 9.88 Å². The Kier molecular flexibility index (Phi) is 7.17. The smallest absolute Gasteiger partial charge is 0.254 e. The fraction of sp³-hybridized carbons (Fsp3) is 0.393. The molecule has 1 fully saturated rings. The second-order valence-corrected chi connectivity index (χ2v) is 9.07. The van der Waals surface area contributed by atoms with Crippen LogP contribution in [0.4, 0.5) is 4.39 Å². The first kappa shape index (κ1) is 23.1. The third-order valence-electron chi connectivity index (χ3n) is 6.83. The molecule has 1 heterocycles. The predicted molar refractivity (Wildman–Crippen MR) is 131 cm³/mol. The van der Waals surface area contributed by atoms with Crippen molar-refractivity contribution in [2.24, 2.45) is 5.92 Å². The predicted octanol–water partition coefficient (Wildman–Crippen LogP) is 6.47. The minimum Gasteiger partial charge on any atom is -0.490 e. The summed E-state index contributed by atoms with van der Waals surface area (Å²) in [4.78, 5) is 13.4. The van der Waals surface area contributed by atoms with E-state index in [1.165, 1.54) is 38.2 Å². The molecule has 3 aromatic rings. The SMILES string of the molecule is C=CCOc1ccc2c(c1)c(C(=O)NCc1c(C)cccc1F)c(C)n2CC1CCCCC1. The number of carbonyl (C=O) groups excluding carboxylic acids is 1. The van der Waals surface area contributed by atoms with Crippen molar-refractivity contribution in [2.45, 2.75) is 59.0 Å². The maximum atomic E-state index is 14.3. The van der Waals surface area contributed by atoms with Gasteiger partial charge in [-0.1, -0.05) is 44.1 Å². The average molecular weight is 449 g/mol. The highest BCUT2D eigenvalue weighted by Crippen LogP contribution is 2.33. The van der Waals surface area contributed by atoms with E-state index in [0.29, 0.717) is 29.4 Å². The molecule has 1 aliphatic carbocycles. The van der Waals surface area contributed by atoms with E-state index in [-0.39, 0.29) is 18.3 Å². The van der Waals surface area contributed by atoms with Crippen molar-refractivity contribution in [3.8, 4) is 5.75 Å². The molecule has 1 aliphatic rings. The second-order valence-electron chi connectivity index (χ2n) is 9.07. The van der Waals surface area contributed by atoms with Crippen molar-refractivity contribution in [3.05, 3.63) is 77.3 Å². The van der Waals surface area contributed by atoms with E-state index < -0.39 is 0 Å². The summed E-state index contributed by atoms with van der Waals surface area (Å²) < 4.78 is 22.3. The van der Waals surface area contributed by atoms with E-state index >= 15 is 0 Å². The monoisotopic (exact) mass is 448 g/mol. The summed E-state index contributed by atoms with van der Waals surface area (Å²) in [5, 5.41) is 3.83. The Morgan fingerprint density at radius 3 is 2.73 bits per heavy atom. The van der Waals surface area contributed by atoms with Crippen molar-refractivity contribution in [3.63, 3.8) is 0 Å². The molecule has 0 atom stereocenters. The summed E-state index contributed by atoms with van der Waals surface area (Å²) in [6.07, 6.45) is 8.03. The molecule has 0 saturated heterocycles. The Morgan fingerprint density at radius 1 is 1.21 bits per heavy atom. The molecular weight excluding hydrogens is 415 g/mol. The van der Waals surface area contributed by atoms with E-state index in [1.807, 2.05) is 38.1 Å². The lowest BCUT2D eigenvalue weighted by atomic mass is 9.89. The summed E-state index contributed by atoms with van der Waals surface area (Å²) in [6, 6.07) is 10.9. The van der Waals surface area contributed by atoms with Crippen LogP contribution in [-0.2, 0) is 13.1 Å². The van der Waals surface area contributed by atoms with Crippen molar-refractivity contribution in [2.75, 3.05) is 6.61 Å². The number of aryl methyl sites for hydroxylation is 1. The van der Waals surface area contributed by atoms with Gasteiger partial charge in [0.1, 0.15) is 18.2 Å². The zero-order chi connectivity index (χ0) is 23.4. The van der Waals surface area contributed by atoms with Crippen molar-refractivity contribution < 1.29 is 13.9 Å². The molecule has 0 radical (unpaired) electrons. The third-order valence-corrected chi connectivity index (χ3v) is 6.83. The lowest BCUT2D eigenvalue weighted by Crippen LogP contribution is -2.25. The first-order valence-corrected chi connectivity index (χ1v) is 11.9. The van der Waals surface area contributed by atoms with Crippen molar-refractivity contribution in [1.29, 1.82) is 0 Å². The van der Waals surface area contributed by atoms with Gasteiger partial charge in [-0.3, -0.25) is 4.79 Å². The minimum absolute atomic E-state index is 0.152. The number of hydrogen-bond donors (Lipinski definition) is 1. The van der Waals surface area contributed by atoms with Gasteiger partial charge in [0.05, 0.1) is 5.56 Å². The Morgan fingerprint density at radius 2 is 2.00 bits per heavy atom. The number of carbonyl (C=O) groups is 1. The van der Waals surface area contributed by atoms with E-state index in [0.717, 1.165) is 28.7 Å². The van der Waals surface area contributed by atoms with Crippen LogP contribution < -0.4 is 10.1 Å². The second kappa shape index (κ2) is 10.2. The summed E-state index contributed by atoms with van der Waals surface area (Å²) in [7, 11) is 0. The summed E-state index contributed by atoms with van der Waals surface area (Å²) in [5.41, 5.74) is 3.96. The highest BCUT2D eigenvalue weighted by molar-refractivity contribution is 6.08. The lowest BCUT2D eigenvalue weighted by Gasteiger charge is -2.23. The molecule has 2 aromatic carbocycles. The van der Waals surface area contributed by atoms with Crippen LogP contribution >= 0.6 is 0 Å². The molecule has 4 rings (SSSR count). The van der Waals surface area contributed by atoms with Crippen molar-refractivity contribution >= 4 is 16.8 Å². The molecule has 1 saturated carbocycles. The van der Waals surface area contributed by atoms with E-state index in [1.54, 1.807) is 12.1 Å². The molecule has 1 aromatic heterocycles. The number of fused-ring (bicyclic) bond motifs is 1. The maximum Gasteiger partial charge on any atom is 0.254 e. The molecule has 4 nitrogen and oxygen atoms in total. The standard InChI is InChI=1S/C28H33FN2O2/c1-4-15-33-22-13-14-26-23(16-22)27(20(3)31(26)18-21-10-6-5-7-11-21)28(32)30-17-24-19(2)9-8-12-25(24)29/h4,8-9,12-14,16,21H,1,5-7,10-11,15,17-18H2,2-3H3,(H,30,32). The van der Waals surface area contributed by atoms with Crippen LogP contribution in [0.1, 0.15) is 59.3 Å². The molecule has 174 valence electrons. The van der Waals surface area contributed by atoms with Crippen LogP contribution in [0.15, 0.2) is 49.1 Å². The molecule has 1 N–H and O–H groups in total. The van der Waals surface area contributed by atoms with E-state index in [4.69, 9.17) is 4.74 Å². The number of nitrogens with zero attached hydrogens (tertiary/aromatic N) is 1. The van der Waals surface area contributed by atoms with Gasteiger partial charge in [0, 0.05) is 35.2 Å². The maximum absolute atomic E-state index is 14.3. The van der Waals surface area contributed by atoms with Crippen LogP contribution in [0.25, 0.3) is 10.9 Å². The van der Waals surface area contributed by atoms with Gasteiger partial charge in [-0.05, 0) is 62.4 Å². The van der Waals surface area contributed by atoms with Crippen LogP contribution in [0.5, 0.6) is 5.75 Å². The number of hydrogen-bond acceptors (Lipinski definition) is 2. The summed E-state index contributed by atoms with van der Waals surface area (Å²) in [5.74, 6) is 0.841. The molecule has 5 heteroatoms. The quantitative estimate of drug-likeness (QED) is 0.401. The van der Waals surface area contributed by atoms with Gasteiger partial charge in [-0.15, -0.1) is 0 Å². The molecule has 1 amide bonds. The topological polar surface area (TPSA) is 43.3 Å². The molecule has 0 aliphatic heterocycles. The van der Waals surface area contributed by atoms with Gasteiger partial charge in [0.25, 0.3) is 5.91 Å².